The highest BCUT2D eigenvalue weighted by atomic mass is 16.5. The molecule has 0 amide bonds. The van der Waals surface area contributed by atoms with Crippen molar-refractivity contribution in [3.63, 3.8) is 0 Å². The van der Waals surface area contributed by atoms with Gasteiger partial charge >= 0.3 is 0 Å². The average Bonchev–Trinajstić information content (AvgIpc) is 2.54. The van der Waals surface area contributed by atoms with E-state index >= 15 is 0 Å². The molecule has 0 aromatic heterocycles. The summed E-state index contributed by atoms with van der Waals surface area (Å²) in [6, 6.07) is 5.05. The highest BCUT2D eigenvalue weighted by molar-refractivity contribution is 5.60. The Bertz CT molecular complexity index is 467. The zero-order valence-corrected chi connectivity index (χ0v) is 14.7. The second-order valence-electron chi connectivity index (χ2n) is 6.30. The molecule has 1 aliphatic carbocycles. The molecule has 1 aliphatic rings. The van der Waals surface area contributed by atoms with Crippen LogP contribution in [-0.2, 0) is 4.74 Å². The van der Waals surface area contributed by atoms with Gasteiger partial charge in [0.25, 0.3) is 0 Å². The van der Waals surface area contributed by atoms with E-state index in [1.807, 2.05) is 0 Å². The molecule has 0 heterocycles. The van der Waals surface area contributed by atoms with Gasteiger partial charge in [0.05, 0.1) is 6.61 Å². The molecule has 1 saturated carbocycles. The van der Waals surface area contributed by atoms with Gasteiger partial charge in [0, 0.05) is 31.5 Å². The van der Waals surface area contributed by atoms with Crippen LogP contribution in [-0.4, -0.2) is 32.9 Å². The van der Waals surface area contributed by atoms with Gasteiger partial charge < -0.3 is 14.4 Å². The quantitative estimate of drug-likeness (QED) is 0.693. The topological polar surface area (TPSA) is 21.7 Å². The van der Waals surface area contributed by atoms with Crippen molar-refractivity contribution >= 4 is 5.69 Å². The Morgan fingerprint density at radius 1 is 1.09 bits per heavy atom. The maximum Gasteiger partial charge on any atom is 0.121 e. The summed E-state index contributed by atoms with van der Waals surface area (Å²) in [7, 11) is 1.71. The lowest BCUT2D eigenvalue weighted by molar-refractivity contribution is 0.146. The predicted molar refractivity (Wildman–Crippen MR) is 93.2 cm³/mol. The largest absolute Gasteiger partial charge is 0.491 e. The lowest BCUT2D eigenvalue weighted by Crippen LogP contribution is -2.37. The number of ether oxygens (including phenoxy) is 2. The van der Waals surface area contributed by atoms with E-state index in [0.29, 0.717) is 19.3 Å². The van der Waals surface area contributed by atoms with Gasteiger partial charge in [-0.3, -0.25) is 0 Å². The molecule has 0 spiro atoms. The molecule has 1 aromatic carbocycles. The van der Waals surface area contributed by atoms with E-state index in [1.165, 1.54) is 48.9 Å². The normalized spacial score (nSPS) is 15.8. The minimum absolute atomic E-state index is 0.605. The molecule has 0 N–H and O–H groups in total. The van der Waals surface area contributed by atoms with Crippen LogP contribution in [0, 0.1) is 13.8 Å². The molecule has 2 rings (SSSR count). The number of methoxy groups -OCH3 is 1. The Morgan fingerprint density at radius 3 is 2.45 bits per heavy atom. The Labute approximate surface area is 135 Å². The maximum absolute atomic E-state index is 5.85. The van der Waals surface area contributed by atoms with Gasteiger partial charge in [0.1, 0.15) is 12.4 Å². The Hall–Kier alpha value is -1.22. The van der Waals surface area contributed by atoms with Crippen LogP contribution in [0.25, 0.3) is 0 Å². The number of hydrogen-bond donors (Lipinski definition) is 0. The third-order valence-corrected chi connectivity index (χ3v) is 4.84. The summed E-state index contributed by atoms with van der Waals surface area (Å²) in [5, 5.41) is 0. The first-order valence-electron chi connectivity index (χ1n) is 8.67. The zero-order chi connectivity index (χ0) is 15.9. The molecule has 0 bridgehead atoms. The SMILES string of the molecule is CCN(c1cc(OCCOC)cc(C)c1C)C1CCCCC1. The molecule has 124 valence electrons. The molecule has 0 saturated heterocycles. The summed E-state index contributed by atoms with van der Waals surface area (Å²) in [5.41, 5.74) is 4.03. The van der Waals surface area contributed by atoms with Crippen molar-refractivity contribution in [3.05, 3.63) is 23.3 Å². The molecule has 1 fully saturated rings. The standard InChI is InChI=1S/C19H31NO2/c1-5-20(17-9-7-6-8-10-17)19-14-18(22-12-11-21-4)13-15(2)16(19)3/h13-14,17H,5-12H2,1-4H3. The molecule has 1 aromatic rings. The summed E-state index contributed by atoms with van der Waals surface area (Å²) < 4.78 is 10.9. The van der Waals surface area contributed by atoms with E-state index in [-0.39, 0.29) is 0 Å². The molecule has 0 aliphatic heterocycles. The Morgan fingerprint density at radius 2 is 1.82 bits per heavy atom. The summed E-state index contributed by atoms with van der Waals surface area (Å²) >= 11 is 0. The fourth-order valence-corrected chi connectivity index (χ4v) is 3.45. The first-order valence-corrected chi connectivity index (χ1v) is 8.67. The number of anilines is 1. The number of hydrogen-bond acceptors (Lipinski definition) is 3. The zero-order valence-electron chi connectivity index (χ0n) is 14.7. The van der Waals surface area contributed by atoms with E-state index in [4.69, 9.17) is 9.47 Å². The molecule has 22 heavy (non-hydrogen) atoms. The van der Waals surface area contributed by atoms with E-state index in [9.17, 15) is 0 Å². The van der Waals surface area contributed by atoms with Crippen molar-refractivity contribution in [1.82, 2.24) is 0 Å². The first kappa shape index (κ1) is 17.1. The van der Waals surface area contributed by atoms with Crippen molar-refractivity contribution < 1.29 is 9.47 Å². The van der Waals surface area contributed by atoms with Crippen molar-refractivity contribution in [1.29, 1.82) is 0 Å². The molecule has 0 unspecified atom stereocenters. The second-order valence-corrected chi connectivity index (χ2v) is 6.30. The van der Waals surface area contributed by atoms with Crippen LogP contribution in [0.4, 0.5) is 5.69 Å². The van der Waals surface area contributed by atoms with Crippen LogP contribution in [0.15, 0.2) is 12.1 Å². The van der Waals surface area contributed by atoms with Crippen molar-refractivity contribution in [3.8, 4) is 5.75 Å². The van der Waals surface area contributed by atoms with Gasteiger partial charge in [-0.2, -0.15) is 0 Å². The minimum Gasteiger partial charge on any atom is -0.491 e. The van der Waals surface area contributed by atoms with Gasteiger partial charge in [-0.05, 0) is 50.8 Å². The van der Waals surface area contributed by atoms with Gasteiger partial charge in [-0.1, -0.05) is 19.3 Å². The molecular weight excluding hydrogens is 274 g/mol. The fourth-order valence-electron chi connectivity index (χ4n) is 3.45. The predicted octanol–water partition coefficient (Wildman–Crippen LogP) is 4.49. The lowest BCUT2D eigenvalue weighted by Gasteiger charge is -2.37. The number of nitrogens with zero attached hydrogens (tertiary/aromatic N) is 1. The molecular formula is C19H31NO2. The van der Waals surface area contributed by atoms with Crippen LogP contribution in [0.3, 0.4) is 0 Å². The van der Waals surface area contributed by atoms with Gasteiger partial charge in [-0.15, -0.1) is 0 Å². The lowest BCUT2D eigenvalue weighted by atomic mass is 9.93. The third kappa shape index (κ3) is 4.16. The van der Waals surface area contributed by atoms with Crippen LogP contribution >= 0.6 is 0 Å². The summed E-state index contributed by atoms with van der Waals surface area (Å²) in [6.07, 6.45) is 6.76. The maximum atomic E-state index is 5.85. The third-order valence-electron chi connectivity index (χ3n) is 4.84. The van der Waals surface area contributed by atoms with Crippen molar-refractivity contribution in [2.24, 2.45) is 0 Å². The Kier molecular flexibility index (Phi) is 6.56. The first-order chi connectivity index (χ1) is 10.7. The van der Waals surface area contributed by atoms with E-state index in [2.05, 4.69) is 37.8 Å². The highest BCUT2D eigenvalue weighted by Gasteiger charge is 2.22. The van der Waals surface area contributed by atoms with Crippen LogP contribution < -0.4 is 9.64 Å². The van der Waals surface area contributed by atoms with E-state index in [1.54, 1.807) is 7.11 Å². The molecule has 0 atom stereocenters. The highest BCUT2D eigenvalue weighted by Crippen LogP contribution is 2.33. The number of rotatable bonds is 7. The Balaban J connectivity index is 2.22. The fraction of sp³-hybridized carbons (Fsp3) is 0.684. The van der Waals surface area contributed by atoms with Crippen LogP contribution in [0.2, 0.25) is 0 Å². The molecule has 0 radical (unpaired) electrons. The van der Waals surface area contributed by atoms with Crippen LogP contribution in [0.1, 0.15) is 50.2 Å². The number of aryl methyl sites for hydroxylation is 1. The average molecular weight is 305 g/mol. The molecule has 3 heteroatoms. The van der Waals surface area contributed by atoms with Gasteiger partial charge in [-0.25, -0.2) is 0 Å². The van der Waals surface area contributed by atoms with Gasteiger partial charge in [0.15, 0.2) is 0 Å². The monoisotopic (exact) mass is 305 g/mol. The van der Waals surface area contributed by atoms with Crippen molar-refractivity contribution in [2.75, 3.05) is 31.8 Å². The smallest absolute Gasteiger partial charge is 0.121 e. The number of benzene rings is 1. The van der Waals surface area contributed by atoms with Gasteiger partial charge in [0.2, 0.25) is 0 Å². The van der Waals surface area contributed by atoms with Crippen LogP contribution in [0.5, 0.6) is 5.75 Å². The molecule has 3 nitrogen and oxygen atoms in total. The second kappa shape index (κ2) is 8.42. The van der Waals surface area contributed by atoms with E-state index < -0.39 is 0 Å². The van der Waals surface area contributed by atoms with E-state index in [0.717, 1.165) is 12.3 Å². The summed E-state index contributed by atoms with van der Waals surface area (Å²) in [5.74, 6) is 0.962. The minimum atomic E-state index is 0.605. The summed E-state index contributed by atoms with van der Waals surface area (Å²) in [6.45, 7) is 8.97. The van der Waals surface area contributed by atoms with Crippen molar-refractivity contribution in [2.45, 2.75) is 58.9 Å². The summed E-state index contributed by atoms with van der Waals surface area (Å²) in [4.78, 5) is 2.59.